The first kappa shape index (κ1) is 12.7. The highest BCUT2D eigenvalue weighted by molar-refractivity contribution is 9.10. The van der Waals surface area contributed by atoms with E-state index in [-0.39, 0.29) is 0 Å². The average molecular weight is 332 g/mol. The minimum absolute atomic E-state index is 0.765. The summed E-state index contributed by atoms with van der Waals surface area (Å²) in [5.41, 5.74) is 3.45. The molecule has 3 aromatic rings. The highest BCUT2D eigenvalue weighted by Crippen LogP contribution is 2.36. The molecule has 0 amide bonds. The molecule has 2 heteroatoms. The number of fused-ring (bicyclic) bond motifs is 1. The van der Waals surface area contributed by atoms with E-state index in [0.29, 0.717) is 0 Å². The lowest BCUT2D eigenvalue weighted by atomic mass is 10.00. The van der Waals surface area contributed by atoms with Crippen molar-refractivity contribution < 1.29 is 0 Å². The third-order valence-electron chi connectivity index (χ3n) is 3.25. The number of halogens is 2. The van der Waals surface area contributed by atoms with Crippen LogP contribution in [0.5, 0.6) is 0 Å². The van der Waals surface area contributed by atoms with E-state index in [4.69, 9.17) is 11.6 Å². The second-order valence-electron chi connectivity index (χ2n) is 4.66. The van der Waals surface area contributed by atoms with Crippen LogP contribution in [0.2, 0.25) is 5.02 Å². The highest BCUT2D eigenvalue weighted by atomic mass is 79.9. The summed E-state index contributed by atoms with van der Waals surface area (Å²) >= 11 is 9.89. The first-order valence-corrected chi connectivity index (χ1v) is 7.27. The molecular formula is C17H12BrCl. The lowest BCUT2D eigenvalue weighted by Crippen LogP contribution is -1.83. The molecule has 0 radical (unpaired) electrons. The Morgan fingerprint density at radius 3 is 2.47 bits per heavy atom. The minimum Gasteiger partial charge on any atom is -0.0836 e. The lowest BCUT2D eigenvalue weighted by molar-refractivity contribution is 1.50. The second kappa shape index (κ2) is 4.99. The van der Waals surface area contributed by atoms with Crippen molar-refractivity contribution in [3.05, 3.63) is 69.7 Å². The molecule has 0 bridgehead atoms. The molecule has 0 aliphatic heterocycles. The number of aryl methyl sites for hydroxylation is 1. The van der Waals surface area contributed by atoms with Crippen LogP contribution in [-0.4, -0.2) is 0 Å². The maximum absolute atomic E-state index is 6.32. The molecule has 0 aromatic heterocycles. The van der Waals surface area contributed by atoms with Crippen LogP contribution in [0.25, 0.3) is 21.9 Å². The summed E-state index contributed by atoms with van der Waals surface area (Å²) in [6, 6.07) is 18.8. The fraction of sp³-hybridized carbons (Fsp3) is 0.0588. The minimum atomic E-state index is 0.765. The van der Waals surface area contributed by atoms with Gasteiger partial charge < -0.3 is 0 Å². The molecule has 0 fully saturated rings. The van der Waals surface area contributed by atoms with Gasteiger partial charge in [0, 0.05) is 15.1 Å². The molecule has 0 saturated heterocycles. The third kappa shape index (κ3) is 2.41. The van der Waals surface area contributed by atoms with Crippen molar-refractivity contribution in [2.45, 2.75) is 6.92 Å². The first-order valence-electron chi connectivity index (χ1n) is 6.10. The number of benzene rings is 3. The molecule has 0 saturated carbocycles. The SMILES string of the molecule is Cc1ccc2ccc(-c3c(Cl)cccc3Br)cc2c1. The highest BCUT2D eigenvalue weighted by Gasteiger charge is 2.08. The van der Waals surface area contributed by atoms with E-state index in [2.05, 4.69) is 59.3 Å². The van der Waals surface area contributed by atoms with E-state index >= 15 is 0 Å². The molecule has 3 rings (SSSR count). The Morgan fingerprint density at radius 1 is 0.895 bits per heavy atom. The van der Waals surface area contributed by atoms with Gasteiger partial charge in [-0.3, -0.25) is 0 Å². The molecule has 0 unspecified atom stereocenters. The van der Waals surface area contributed by atoms with Crippen LogP contribution in [0, 0.1) is 6.92 Å². The summed E-state index contributed by atoms with van der Waals surface area (Å²) in [4.78, 5) is 0. The Bertz CT molecular complexity index is 742. The van der Waals surface area contributed by atoms with E-state index < -0.39 is 0 Å². The maximum Gasteiger partial charge on any atom is 0.0495 e. The zero-order chi connectivity index (χ0) is 13.4. The van der Waals surface area contributed by atoms with Crippen molar-refractivity contribution in [1.29, 1.82) is 0 Å². The maximum atomic E-state index is 6.32. The summed E-state index contributed by atoms with van der Waals surface area (Å²) in [6.07, 6.45) is 0. The molecule has 94 valence electrons. The van der Waals surface area contributed by atoms with Crippen molar-refractivity contribution in [3.8, 4) is 11.1 Å². The first-order chi connectivity index (χ1) is 9.15. The van der Waals surface area contributed by atoms with Gasteiger partial charge in [0.15, 0.2) is 0 Å². The summed E-state index contributed by atoms with van der Waals surface area (Å²) < 4.78 is 1.02. The van der Waals surface area contributed by atoms with Crippen molar-refractivity contribution >= 4 is 38.3 Å². The predicted octanol–water partition coefficient (Wildman–Crippen LogP) is 6.23. The fourth-order valence-electron chi connectivity index (χ4n) is 2.30. The molecule has 0 aliphatic rings. The Balaban J connectivity index is 2.26. The quantitative estimate of drug-likeness (QED) is 0.496. The monoisotopic (exact) mass is 330 g/mol. The Morgan fingerprint density at radius 2 is 1.68 bits per heavy atom. The topological polar surface area (TPSA) is 0 Å². The van der Waals surface area contributed by atoms with Crippen LogP contribution < -0.4 is 0 Å². The van der Waals surface area contributed by atoms with E-state index in [1.54, 1.807) is 0 Å². The largest absolute Gasteiger partial charge is 0.0836 e. The summed E-state index contributed by atoms with van der Waals surface area (Å²) in [5.74, 6) is 0. The number of hydrogen-bond donors (Lipinski definition) is 0. The van der Waals surface area contributed by atoms with Crippen LogP contribution in [0.4, 0.5) is 0 Å². The second-order valence-corrected chi connectivity index (χ2v) is 5.92. The zero-order valence-corrected chi connectivity index (χ0v) is 12.8. The molecule has 0 N–H and O–H groups in total. The van der Waals surface area contributed by atoms with E-state index in [1.165, 1.54) is 16.3 Å². The van der Waals surface area contributed by atoms with E-state index in [9.17, 15) is 0 Å². The van der Waals surface area contributed by atoms with Crippen molar-refractivity contribution in [1.82, 2.24) is 0 Å². The van der Waals surface area contributed by atoms with Gasteiger partial charge in [-0.2, -0.15) is 0 Å². The Kier molecular flexibility index (Phi) is 3.34. The van der Waals surface area contributed by atoms with Crippen LogP contribution >= 0.6 is 27.5 Å². The molecule has 0 aliphatic carbocycles. The normalized spacial score (nSPS) is 10.9. The molecule has 0 nitrogen and oxygen atoms in total. The smallest absolute Gasteiger partial charge is 0.0495 e. The summed E-state index contributed by atoms with van der Waals surface area (Å²) in [7, 11) is 0. The van der Waals surface area contributed by atoms with Crippen LogP contribution in [0.1, 0.15) is 5.56 Å². The van der Waals surface area contributed by atoms with Gasteiger partial charge in [0.2, 0.25) is 0 Å². The Hall–Kier alpha value is -1.31. The predicted molar refractivity (Wildman–Crippen MR) is 86.8 cm³/mol. The van der Waals surface area contributed by atoms with Gasteiger partial charge in [-0.05, 0) is 41.5 Å². The number of hydrogen-bond acceptors (Lipinski definition) is 0. The molecule has 0 heterocycles. The van der Waals surface area contributed by atoms with Crippen LogP contribution in [0.3, 0.4) is 0 Å². The Labute approximate surface area is 126 Å². The van der Waals surface area contributed by atoms with Crippen molar-refractivity contribution in [2.75, 3.05) is 0 Å². The molecule has 0 spiro atoms. The zero-order valence-electron chi connectivity index (χ0n) is 10.5. The van der Waals surface area contributed by atoms with Gasteiger partial charge >= 0.3 is 0 Å². The van der Waals surface area contributed by atoms with Gasteiger partial charge in [0.1, 0.15) is 0 Å². The van der Waals surface area contributed by atoms with Crippen LogP contribution in [-0.2, 0) is 0 Å². The van der Waals surface area contributed by atoms with Crippen molar-refractivity contribution in [2.24, 2.45) is 0 Å². The van der Waals surface area contributed by atoms with Gasteiger partial charge in [-0.25, -0.2) is 0 Å². The lowest BCUT2D eigenvalue weighted by Gasteiger charge is -2.09. The standard InChI is InChI=1S/C17H12BrCl/c1-11-5-6-12-7-8-13(10-14(12)9-11)17-15(18)3-2-4-16(17)19/h2-10H,1H3. The molecule has 3 aromatic carbocycles. The molecule has 0 atom stereocenters. The fourth-order valence-corrected chi connectivity index (χ4v) is 3.29. The van der Waals surface area contributed by atoms with Gasteiger partial charge in [-0.15, -0.1) is 0 Å². The van der Waals surface area contributed by atoms with E-state index in [0.717, 1.165) is 20.6 Å². The molecular weight excluding hydrogens is 320 g/mol. The van der Waals surface area contributed by atoms with Gasteiger partial charge in [0.05, 0.1) is 0 Å². The number of rotatable bonds is 1. The summed E-state index contributed by atoms with van der Waals surface area (Å²) in [6.45, 7) is 2.11. The van der Waals surface area contributed by atoms with Crippen LogP contribution in [0.15, 0.2) is 59.1 Å². The third-order valence-corrected chi connectivity index (χ3v) is 4.22. The van der Waals surface area contributed by atoms with E-state index in [1.807, 2.05) is 18.2 Å². The van der Waals surface area contributed by atoms with Gasteiger partial charge in [-0.1, -0.05) is 69.5 Å². The van der Waals surface area contributed by atoms with Crippen molar-refractivity contribution in [3.63, 3.8) is 0 Å². The average Bonchev–Trinajstić information content (AvgIpc) is 2.38. The summed E-state index contributed by atoms with van der Waals surface area (Å²) in [5, 5.41) is 3.25. The molecule has 19 heavy (non-hydrogen) atoms. The van der Waals surface area contributed by atoms with Gasteiger partial charge in [0.25, 0.3) is 0 Å².